The topological polar surface area (TPSA) is 116 Å². The first kappa shape index (κ1) is 11.1. The highest BCUT2D eigenvalue weighted by atomic mass is 31.2. The van der Waals surface area contributed by atoms with Gasteiger partial charge < -0.3 is 19.7 Å². The molecule has 0 bridgehead atoms. The van der Waals surface area contributed by atoms with Crippen molar-refractivity contribution in [3.8, 4) is 0 Å². The number of nitrogens with zero attached hydrogens (tertiary/aromatic N) is 1. The summed E-state index contributed by atoms with van der Waals surface area (Å²) in [6.45, 7) is 0. The van der Waals surface area contributed by atoms with Gasteiger partial charge in [-0.25, -0.2) is 4.79 Å². The molecule has 12 heavy (non-hydrogen) atoms. The molecule has 0 spiro atoms. The van der Waals surface area contributed by atoms with Crippen molar-refractivity contribution >= 4 is 19.3 Å². The van der Waals surface area contributed by atoms with Gasteiger partial charge in [-0.15, -0.1) is 0 Å². The van der Waals surface area contributed by atoms with E-state index in [2.05, 4.69) is 9.99 Å². The third-order valence-corrected chi connectivity index (χ3v) is 1.52. The second-order valence-corrected chi connectivity index (χ2v) is 3.49. The maximum Gasteiger partial charge on any atom is 0.354 e. The van der Waals surface area contributed by atoms with Crippen LogP contribution in [-0.2, 0) is 14.2 Å². The summed E-state index contributed by atoms with van der Waals surface area (Å²) in [5.41, 5.74) is -0.703. The van der Waals surface area contributed by atoms with Gasteiger partial charge in [0.05, 0.1) is 0 Å². The smallest absolute Gasteiger partial charge is 0.354 e. The summed E-state index contributed by atoms with van der Waals surface area (Å²) in [6, 6.07) is 0. The van der Waals surface area contributed by atoms with Gasteiger partial charge >= 0.3 is 13.6 Å². The van der Waals surface area contributed by atoms with E-state index < -0.39 is 25.4 Å². The van der Waals surface area contributed by atoms with E-state index in [1.807, 2.05) is 0 Å². The predicted molar refractivity (Wildman–Crippen MR) is 39.0 cm³/mol. The number of carboxylic acid groups (broad SMARTS) is 1. The SMILES string of the molecule is CO/N=C(/CP(=O)(O)O)C(=O)O. The number of rotatable bonds is 4. The van der Waals surface area contributed by atoms with Crippen LogP contribution in [0.25, 0.3) is 0 Å². The van der Waals surface area contributed by atoms with Crippen LogP contribution in [0.5, 0.6) is 0 Å². The van der Waals surface area contributed by atoms with Crippen LogP contribution in [-0.4, -0.2) is 39.8 Å². The molecule has 0 heterocycles. The molecule has 8 heteroatoms. The Morgan fingerprint density at radius 1 is 1.58 bits per heavy atom. The summed E-state index contributed by atoms with van der Waals surface area (Å²) < 4.78 is 10.3. The number of hydrogen-bond donors (Lipinski definition) is 3. The lowest BCUT2D eigenvalue weighted by Crippen LogP contribution is -2.17. The van der Waals surface area contributed by atoms with Gasteiger partial charge in [0, 0.05) is 0 Å². The van der Waals surface area contributed by atoms with Gasteiger partial charge in [-0.2, -0.15) is 0 Å². The average molecular weight is 197 g/mol. The molecule has 0 radical (unpaired) electrons. The highest BCUT2D eigenvalue weighted by Crippen LogP contribution is 2.34. The molecule has 0 unspecified atom stereocenters. The molecule has 70 valence electrons. The van der Waals surface area contributed by atoms with Crippen molar-refractivity contribution in [3.05, 3.63) is 0 Å². The molecule has 0 aromatic carbocycles. The maximum absolute atomic E-state index is 10.3. The number of aliphatic carboxylic acids is 1. The minimum Gasteiger partial charge on any atom is -0.477 e. The van der Waals surface area contributed by atoms with E-state index in [9.17, 15) is 9.36 Å². The minimum absolute atomic E-state index is 0.703. The van der Waals surface area contributed by atoms with Crippen molar-refractivity contribution in [1.82, 2.24) is 0 Å². The summed E-state index contributed by atoms with van der Waals surface area (Å²) in [6.07, 6.45) is -0.934. The van der Waals surface area contributed by atoms with Gasteiger partial charge in [-0.05, 0) is 0 Å². The Kier molecular flexibility index (Phi) is 3.88. The molecular weight excluding hydrogens is 189 g/mol. The van der Waals surface area contributed by atoms with Gasteiger partial charge in [-0.3, -0.25) is 4.57 Å². The van der Waals surface area contributed by atoms with E-state index in [4.69, 9.17) is 14.9 Å². The van der Waals surface area contributed by atoms with Crippen molar-refractivity contribution in [3.63, 3.8) is 0 Å². The van der Waals surface area contributed by atoms with E-state index in [0.717, 1.165) is 7.11 Å². The zero-order valence-corrected chi connectivity index (χ0v) is 7.06. The molecule has 0 aliphatic rings. The van der Waals surface area contributed by atoms with Crippen LogP contribution >= 0.6 is 7.60 Å². The molecule has 0 amide bonds. The average Bonchev–Trinajstić information content (AvgIpc) is 1.83. The quantitative estimate of drug-likeness (QED) is 0.310. The van der Waals surface area contributed by atoms with E-state index in [1.165, 1.54) is 0 Å². The lowest BCUT2D eigenvalue weighted by atomic mass is 10.4. The fourth-order valence-corrected chi connectivity index (χ4v) is 1.02. The van der Waals surface area contributed by atoms with Gasteiger partial charge in [-0.1, -0.05) is 5.16 Å². The maximum atomic E-state index is 10.3. The number of oxime groups is 1. The Balaban J connectivity index is 4.47. The molecule has 0 saturated carbocycles. The third kappa shape index (κ3) is 4.84. The third-order valence-electron chi connectivity index (χ3n) is 0.804. The fraction of sp³-hybridized carbons (Fsp3) is 0.500. The van der Waals surface area contributed by atoms with Crippen LogP contribution in [0.2, 0.25) is 0 Å². The first-order valence-electron chi connectivity index (χ1n) is 2.74. The van der Waals surface area contributed by atoms with Crippen LogP contribution in [0.1, 0.15) is 0 Å². The Morgan fingerprint density at radius 3 is 2.33 bits per heavy atom. The molecule has 0 aromatic heterocycles. The van der Waals surface area contributed by atoms with E-state index in [1.54, 1.807) is 0 Å². The zero-order chi connectivity index (χ0) is 9.78. The zero-order valence-electron chi connectivity index (χ0n) is 6.17. The Hall–Kier alpha value is -0.910. The highest BCUT2D eigenvalue weighted by molar-refractivity contribution is 7.53. The van der Waals surface area contributed by atoms with Crippen LogP contribution in [0.4, 0.5) is 0 Å². The normalized spacial score (nSPS) is 12.8. The van der Waals surface area contributed by atoms with Gasteiger partial charge in [0.1, 0.15) is 13.3 Å². The number of hydrogen-bond acceptors (Lipinski definition) is 4. The lowest BCUT2D eigenvalue weighted by molar-refractivity contribution is -0.129. The Morgan fingerprint density at radius 2 is 2.08 bits per heavy atom. The molecule has 0 saturated heterocycles. The van der Waals surface area contributed by atoms with Crippen molar-refractivity contribution in [2.24, 2.45) is 5.16 Å². The monoisotopic (exact) mass is 197 g/mol. The van der Waals surface area contributed by atoms with Crippen LogP contribution in [0, 0.1) is 0 Å². The van der Waals surface area contributed by atoms with Gasteiger partial charge in [0.15, 0.2) is 5.71 Å². The molecule has 7 nitrogen and oxygen atoms in total. The molecule has 3 N–H and O–H groups in total. The lowest BCUT2D eigenvalue weighted by Gasteiger charge is -2.01. The first-order valence-corrected chi connectivity index (χ1v) is 4.54. The van der Waals surface area contributed by atoms with E-state index >= 15 is 0 Å². The van der Waals surface area contributed by atoms with Crippen molar-refractivity contribution in [1.29, 1.82) is 0 Å². The second-order valence-electron chi connectivity index (χ2n) is 1.85. The van der Waals surface area contributed by atoms with Crippen molar-refractivity contribution < 1.29 is 29.1 Å². The fourth-order valence-electron chi connectivity index (χ4n) is 0.441. The summed E-state index contributed by atoms with van der Waals surface area (Å²) in [5.74, 6) is -1.51. The van der Waals surface area contributed by atoms with E-state index in [-0.39, 0.29) is 0 Å². The van der Waals surface area contributed by atoms with Crippen molar-refractivity contribution in [2.75, 3.05) is 13.3 Å². The summed E-state index contributed by atoms with van der Waals surface area (Å²) in [7, 11) is -3.31. The summed E-state index contributed by atoms with van der Waals surface area (Å²) in [5, 5.41) is 11.2. The largest absolute Gasteiger partial charge is 0.477 e. The van der Waals surface area contributed by atoms with Gasteiger partial charge in [0.25, 0.3) is 0 Å². The Labute approximate surface area is 67.8 Å². The van der Waals surface area contributed by atoms with Crippen molar-refractivity contribution in [2.45, 2.75) is 0 Å². The van der Waals surface area contributed by atoms with E-state index in [0.29, 0.717) is 0 Å². The molecule has 0 fully saturated rings. The van der Waals surface area contributed by atoms with Crippen LogP contribution in [0.15, 0.2) is 5.16 Å². The number of carboxylic acids is 1. The molecule has 0 aliphatic heterocycles. The molecule has 0 atom stereocenters. The summed E-state index contributed by atoms with van der Waals surface area (Å²) >= 11 is 0. The van der Waals surface area contributed by atoms with Gasteiger partial charge in [0.2, 0.25) is 0 Å². The predicted octanol–water partition coefficient (Wildman–Crippen LogP) is -0.749. The Bertz CT molecular complexity index is 242. The molecular formula is C4H8NO6P. The van der Waals surface area contributed by atoms with Crippen LogP contribution < -0.4 is 0 Å². The molecule has 0 aromatic rings. The minimum atomic E-state index is -4.40. The second kappa shape index (κ2) is 4.20. The highest BCUT2D eigenvalue weighted by Gasteiger charge is 2.22. The van der Waals surface area contributed by atoms with Crippen LogP contribution in [0.3, 0.4) is 0 Å². The standard InChI is InChI=1S/C4H8NO6P/c1-11-5-3(4(6)7)2-12(8,9)10/h2H2,1H3,(H,6,7)(H2,8,9,10)/b5-3-. The first-order chi connectivity index (χ1) is 5.37. The number of carbonyl (C=O) groups is 1. The summed E-state index contributed by atoms with van der Waals surface area (Å²) in [4.78, 5) is 31.0. The molecule has 0 rings (SSSR count). The molecule has 0 aliphatic carbocycles.